The van der Waals surface area contributed by atoms with Crippen LogP contribution < -0.4 is 5.32 Å². The van der Waals surface area contributed by atoms with Crippen molar-refractivity contribution in [3.05, 3.63) is 65.7 Å². The zero-order valence-electron chi connectivity index (χ0n) is 13.6. The summed E-state index contributed by atoms with van der Waals surface area (Å²) in [4.78, 5) is 12.0. The Hall–Kier alpha value is -2.32. The first kappa shape index (κ1) is 19.0. The fraction of sp³-hybridized carbons (Fsp3) is 0.235. The SMILES string of the molecule is CS(=O)(=O)N(CCc1ccc(F)cc1)CC(=O)Nc1cccc(F)c1. The molecule has 0 fully saturated rings. The fourth-order valence-corrected chi connectivity index (χ4v) is 2.97. The highest BCUT2D eigenvalue weighted by molar-refractivity contribution is 7.88. The molecular weight excluding hydrogens is 350 g/mol. The van der Waals surface area contributed by atoms with Crippen LogP contribution in [-0.4, -0.2) is 38.0 Å². The minimum atomic E-state index is -3.61. The molecule has 0 saturated carbocycles. The Balaban J connectivity index is 2.00. The molecule has 2 aromatic carbocycles. The molecule has 0 atom stereocenters. The summed E-state index contributed by atoms with van der Waals surface area (Å²) in [6, 6.07) is 11.0. The van der Waals surface area contributed by atoms with Gasteiger partial charge in [-0.2, -0.15) is 4.31 Å². The number of carbonyl (C=O) groups excluding carboxylic acids is 1. The van der Waals surface area contributed by atoms with E-state index >= 15 is 0 Å². The van der Waals surface area contributed by atoms with Gasteiger partial charge in [0, 0.05) is 12.2 Å². The Bertz CT molecular complexity index is 839. The Morgan fingerprint density at radius 3 is 2.36 bits per heavy atom. The van der Waals surface area contributed by atoms with Crippen LogP contribution in [0.4, 0.5) is 14.5 Å². The second-order valence-electron chi connectivity index (χ2n) is 5.53. The summed E-state index contributed by atoms with van der Waals surface area (Å²) < 4.78 is 50.8. The van der Waals surface area contributed by atoms with E-state index in [1.165, 1.54) is 30.3 Å². The van der Waals surface area contributed by atoms with Crippen molar-refractivity contribution >= 4 is 21.6 Å². The molecule has 0 bridgehead atoms. The molecule has 2 aromatic rings. The number of carbonyl (C=O) groups is 1. The first-order valence-electron chi connectivity index (χ1n) is 7.49. The summed E-state index contributed by atoms with van der Waals surface area (Å²) in [5.41, 5.74) is 0.998. The molecule has 0 aliphatic carbocycles. The number of hydrogen-bond donors (Lipinski definition) is 1. The van der Waals surface area contributed by atoms with Crippen molar-refractivity contribution in [3.8, 4) is 0 Å². The van der Waals surface area contributed by atoms with Crippen molar-refractivity contribution < 1.29 is 22.0 Å². The van der Waals surface area contributed by atoms with Gasteiger partial charge in [0.15, 0.2) is 0 Å². The zero-order valence-corrected chi connectivity index (χ0v) is 14.4. The maximum atomic E-state index is 13.1. The summed E-state index contributed by atoms with van der Waals surface area (Å²) in [6.07, 6.45) is 1.34. The lowest BCUT2D eigenvalue weighted by Gasteiger charge is -2.19. The van der Waals surface area contributed by atoms with Crippen LogP contribution in [0.5, 0.6) is 0 Å². The average molecular weight is 368 g/mol. The normalized spacial score (nSPS) is 11.5. The predicted octanol–water partition coefficient (Wildman–Crippen LogP) is 2.41. The molecule has 1 amide bonds. The molecular formula is C17H18F2N2O3S. The molecule has 25 heavy (non-hydrogen) atoms. The molecule has 5 nitrogen and oxygen atoms in total. The van der Waals surface area contributed by atoms with Gasteiger partial charge in [0.2, 0.25) is 15.9 Å². The largest absolute Gasteiger partial charge is 0.325 e. The van der Waals surface area contributed by atoms with Gasteiger partial charge in [0.05, 0.1) is 12.8 Å². The molecule has 0 radical (unpaired) electrons. The van der Waals surface area contributed by atoms with Gasteiger partial charge in [-0.25, -0.2) is 17.2 Å². The minimum absolute atomic E-state index is 0.0705. The topological polar surface area (TPSA) is 66.5 Å². The standard InChI is InChI=1S/C17H18F2N2O3S/c1-25(23,24)21(10-9-13-5-7-14(18)8-6-13)12-17(22)20-16-4-2-3-15(19)11-16/h2-8,11H,9-10,12H2,1H3,(H,20,22). The smallest absolute Gasteiger partial charge is 0.239 e. The Kier molecular flexibility index (Phi) is 6.22. The number of anilines is 1. The maximum absolute atomic E-state index is 13.1. The van der Waals surface area contributed by atoms with Gasteiger partial charge in [-0.1, -0.05) is 18.2 Å². The Morgan fingerprint density at radius 2 is 1.76 bits per heavy atom. The van der Waals surface area contributed by atoms with Crippen LogP contribution in [0.15, 0.2) is 48.5 Å². The number of halogens is 2. The fourth-order valence-electron chi connectivity index (χ4n) is 2.19. The predicted molar refractivity (Wildman–Crippen MR) is 91.6 cm³/mol. The second kappa shape index (κ2) is 8.17. The van der Waals surface area contributed by atoms with Gasteiger partial charge in [-0.3, -0.25) is 4.79 Å². The number of sulfonamides is 1. The summed E-state index contributed by atoms with van der Waals surface area (Å²) in [7, 11) is -3.61. The van der Waals surface area contributed by atoms with Gasteiger partial charge >= 0.3 is 0 Å². The highest BCUT2D eigenvalue weighted by atomic mass is 32.2. The lowest BCUT2D eigenvalue weighted by molar-refractivity contribution is -0.116. The van der Waals surface area contributed by atoms with Gasteiger partial charge in [-0.15, -0.1) is 0 Å². The van der Waals surface area contributed by atoms with E-state index in [1.807, 2.05) is 0 Å². The summed E-state index contributed by atoms with van der Waals surface area (Å²) in [6.45, 7) is -0.322. The summed E-state index contributed by atoms with van der Waals surface area (Å²) >= 11 is 0. The van der Waals surface area contributed by atoms with Gasteiger partial charge < -0.3 is 5.32 Å². The number of amides is 1. The number of nitrogens with zero attached hydrogens (tertiary/aromatic N) is 1. The van der Waals surface area contributed by atoms with Crippen LogP contribution in [0.1, 0.15) is 5.56 Å². The number of rotatable bonds is 7. The average Bonchev–Trinajstić information content (AvgIpc) is 2.52. The molecule has 0 unspecified atom stereocenters. The van der Waals surface area contributed by atoms with Crippen LogP contribution in [-0.2, 0) is 21.2 Å². The monoisotopic (exact) mass is 368 g/mol. The molecule has 0 aliphatic heterocycles. The van der Waals surface area contributed by atoms with E-state index in [2.05, 4.69) is 5.32 Å². The van der Waals surface area contributed by atoms with Crippen molar-refractivity contribution in [2.75, 3.05) is 24.7 Å². The van der Waals surface area contributed by atoms with Gasteiger partial charge in [0.1, 0.15) is 11.6 Å². The lowest BCUT2D eigenvalue weighted by Crippen LogP contribution is -2.38. The third kappa shape index (κ3) is 6.24. The van der Waals surface area contributed by atoms with Crippen molar-refractivity contribution in [2.24, 2.45) is 0 Å². The van der Waals surface area contributed by atoms with Crippen LogP contribution in [0.3, 0.4) is 0 Å². The van der Waals surface area contributed by atoms with E-state index < -0.39 is 28.3 Å². The van der Waals surface area contributed by atoms with Crippen molar-refractivity contribution in [3.63, 3.8) is 0 Å². The number of nitrogens with one attached hydrogen (secondary N) is 1. The van der Waals surface area contributed by atoms with Crippen LogP contribution in [0.25, 0.3) is 0 Å². The molecule has 0 aromatic heterocycles. The highest BCUT2D eigenvalue weighted by Gasteiger charge is 2.20. The van der Waals surface area contributed by atoms with Crippen molar-refractivity contribution in [1.29, 1.82) is 0 Å². The quantitative estimate of drug-likeness (QED) is 0.816. The van der Waals surface area contributed by atoms with Crippen LogP contribution >= 0.6 is 0 Å². The minimum Gasteiger partial charge on any atom is -0.325 e. The molecule has 0 saturated heterocycles. The number of benzene rings is 2. The van der Waals surface area contributed by atoms with E-state index in [0.717, 1.165) is 22.2 Å². The van der Waals surface area contributed by atoms with Crippen LogP contribution in [0, 0.1) is 11.6 Å². The molecule has 134 valence electrons. The maximum Gasteiger partial charge on any atom is 0.239 e. The van der Waals surface area contributed by atoms with Crippen molar-refractivity contribution in [2.45, 2.75) is 6.42 Å². The van der Waals surface area contributed by atoms with E-state index in [0.29, 0.717) is 6.42 Å². The lowest BCUT2D eigenvalue weighted by atomic mass is 10.1. The summed E-state index contributed by atoms with van der Waals surface area (Å²) in [5, 5.41) is 2.46. The molecule has 8 heteroatoms. The molecule has 2 rings (SSSR count). The first-order valence-corrected chi connectivity index (χ1v) is 9.34. The third-order valence-corrected chi connectivity index (χ3v) is 4.71. The zero-order chi connectivity index (χ0) is 18.4. The van der Waals surface area contributed by atoms with Crippen molar-refractivity contribution in [1.82, 2.24) is 4.31 Å². The van der Waals surface area contributed by atoms with E-state index in [1.54, 1.807) is 12.1 Å². The van der Waals surface area contributed by atoms with E-state index in [4.69, 9.17) is 0 Å². The highest BCUT2D eigenvalue weighted by Crippen LogP contribution is 2.10. The molecule has 0 spiro atoms. The Labute approximate surface area is 145 Å². The summed E-state index contributed by atoms with van der Waals surface area (Å²) in [5.74, 6) is -1.46. The van der Waals surface area contributed by atoms with Crippen LogP contribution in [0.2, 0.25) is 0 Å². The van der Waals surface area contributed by atoms with E-state index in [-0.39, 0.29) is 18.0 Å². The third-order valence-electron chi connectivity index (χ3n) is 3.46. The van der Waals surface area contributed by atoms with Gasteiger partial charge in [0.25, 0.3) is 0 Å². The molecule has 0 heterocycles. The Morgan fingerprint density at radius 1 is 1.08 bits per heavy atom. The molecule has 0 aliphatic rings. The molecule has 1 N–H and O–H groups in total. The van der Waals surface area contributed by atoms with Gasteiger partial charge in [-0.05, 0) is 42.3 Å². The first-order chi connectivity index (χ1) is 11.7. The van der Waals surface area contributed by atoms with E-state index in [9.17, 15) is 22.0 Å². The number of hydrogen-bond acceptors (Lipinski definition) is 3. The second-order valence-corrected chi connectivity index (χ2v) is 7.51.